The lowest BCUT2D eigenvalue weighted by Crippen LogP contribution is -1.91. The van der Waals surface area contributed by atoms with Crippen molar-refractivity contribution in [3.63, 3.8) is 0 Å². The maximum absolute atomic E-state index is 5.17. The summed E-state index contributed by atoms with van der Waals surface area (Å²) in [6.45, 7) is 1.92. The Morgan fingerprint density at radius 2 is 1.91 bits per heavy atom. The average Bonchev–Trinajstić information content (AvgIpc) is 3.22. The van der Waals surface area contributed by atoms with Crippen LogP contribution in [0.15, 0.2) is 24.3 Å². The molecule has 0 aliphatic carbocycles. The van der Waals surface area contributed by atoms with E-state index < -0.39 is 0 Å². The van der Waals surface area contributed by atoms with Gasteiger partial charge in [-0.15, -0.1) is 15.3 Å². The number of ether oxygens (including phenoxy) is 1. The Hall–Kier alpha value is -2.39. The highest BCUT2D eigenvalue weighted by Gasteiger charge is 2.17. The molecule has 0 saturated carbocycles. The van der Waals surface area contributed by atoms with Crippen LogP contribution in [-0.2, 0) is 0 Å². The molecule has 0 unspecified atom stereocenters. The molecule has 0 aliphatic rings. The summed E-state index contributed by atoms with van der Waals surface area (Å²) < 4.78 is 10.9. The molecule has 0 fully saturated rings. The van der Waals surface area contributed by atoms with E-state index in [1.54, 1.807) is 11.6 Å². The SMILES string of the molecule is COc1ccc(-c2nnc3sc(-c4snnc4C)nn23)cc1. The fourth-order valence-electron chi connectivity index (χ4n) is 2.06. The first-order valence-electron chi connectivity index (χ1n) is 6.42. The van der Waals surface area contributed by atoms with Gasteiger partial charge in [-0.25, -0.2) is 0 Å². The van der Waals surface area contributed by atoms with Gasteiger partial charge < -0.3 is 4.74 Å². The second-order valence-corrected chi connectivity index (χ2v) is 6.25. The van der Waals surface area contributed by atoms with Gasteiger partial charge in [0.15, 0.2) is 10.8 Å². The molecular weight excluding hydrogens is 320 g/mol. The number of benzene rings is 1. The number of rotatable bonds is 3. The monoisotopic (exact) mass is 330 g/mol. The molecule has 0 radical (unpaired) electrons. The Labute approximate surface area is 133 Å². The lowest BCUT2D eigenvalue weighted by atomic mass is 10.2. The summed E-state index contributed by atoms with van der Waals surface area (Å²) in [5, 5.41) is 17.9. The van der Waals surface area contributed by atoms with E-state index in [2.05, 4.69) is 24.9 Å². The van der Waals surface area contributed by atoms with Gasteiger partial charge in [-0.05, 0) is 42.7 Å². The summed E-state index contributed by atoms with van der Waals surface area (Å²) >= 11 is 2.81. The third-order valence-electron chi connectivity index (χ3n) is 3.18. The van der Waals surface area contributed by atoms with E-state index >= 15 is 0 Å². The Morgan fingerprint density at radius 3 is 2.59 bits per heavy atom. The third kappa shape index (κ3) is 2.06. The lowest BCUT2D eigenvalue weighted by Gasteiger charge is -2.00. The Kier molecular flexibility index (Phi) is 3.09. The largest absolute Gasteiger partial charge is 0.497 e. The van der Waals surface area contributed by atoms with E-state index in [0.717, 1.165) is 31.9 Å². The van der Waals surface area contributed by atoms with E-state index in [0.29, 0.717) is 5.82 Å². The van der Waals surface area contributed by atoms with E-state index in [1.807, 2.05) is 31.2 Å². The van der Waals surface area contributed by atoms with Crippen molar-refractivity contribution in [3.05, 3.63) is 30.0 Å². The summed E-state index contributed by atoms with van der Waals surface area (Å²) in [5.41, 5.74) is 1.81. The third-order valence-corrected chi connectivity index (χ3v) is 5.06. The predicted molar refractivity (Wildman–Crippen MR) is 84.3 cm³/mol. The van der Waals surface area contributed by atoms with Crippen LogP contribution >= 0.6 is 22.9 Å². The number of aromatic nitrogens is 6. The molecule has 0 N–H and O–H groups in total. The maximum atomic E-state index is 5.17. The number of hydrogen-bond acceptors (Lipinski definition) is 8. The van der Waals surface area contributed by atoms with Gasteiger partial charge in [0.05, 0.1) is 12.8 Å². The highest BCUT2D eigenvalue weighted by Crippen LogP contribution is 2.31. The number of methoxy groups -OCH3 is 1. The van der Waals surface area contributed by atoms with Crippen molar-refractivity contribution in [2.24, 2.45) is 0 Å². The first kappa shape index (κ1) is 13.3. The minimum Gasteiger partial charge on any atom is -0.497 e. The van der Waals surface area contributed by atoms with Crippen molar-refractivity contribution in [1.82, 2.24) is 29.4 Å². The van der Waals surface area contributed by atoms with E-state index in [-0.39, 0.29) is 0 Å². The second kappa shape index (κ2) is 5.11. The lowest BCUT2D eigenvalue weighted by molar-refractivity contribution is 0.415. The van der Waals surface area contributed by atoms with E-state index in [4.69, 9.17) is 4.74 Å². The van der Waals surface area contributed by atoms with Crippen LogP contribution in [0.4, 0.5) is 0 Å². The highest BCUT2D eigenvalue weighted by molar-refractivity contribution is 7.23. The molecule has 7 nitrogen and oxygen atoms in total. The van der Waals surface area contributed by atoms with Crippen LogP contribution in [-0.4, -0.2) is 36.5 Å². The molecule has 9 heteroatoms. The maximum Gasteiger partial charge on any atom is 0.235 e. The van der Waals surface area contributed by atoms with Crippen LogP contribution in [0.2, 0.25) is 0 Å². The number of aryl methyl sites for hydroxylation is 1. The fourth-order valence-corrected chi connectivity index (χ4v) is 3.66. The molecule has 0 atom stereocenters. The minimum absolute atomic E-state index is 0.704. The summed E-state index contributed by atoms with van der Waals surface area (Å²) in [4.78, 5) is 1.71. The Morgan fingerprint density at radius 1 is 1.09 bits per heavy atom. The molecule has 1 aromatic carbocycles. The van der Waals surface area contributed by atoms with Gasteiger partial charge in [-0.1, -0.05) is 15.8 Å². The zero-order valence-electron chi connectivity index (χ0n) is 11.7. The van der Waals surface area contributed by atoms with Crippen molar-refractivity contribution in [1.29, 1.82) is 0 Å². The molecular formula is C13H10N6OS2. The van der Waals surface area contributed by atoms with Crippen molar-refractivity contribution >= 4 is 27.8 Å². The van der Waals surface area contributed by atoms with Gasteiger partial charge >= 0.3 is 0 Å². The van der Waals surface area contributed by atoms with Crippen LogP contribution in [0, 0.1) is 6.92 Å². The van der Waals surface area contributed by atoms with Gasteiger partial charge in [0.2, 0.25) is 4.96 Å². The zero-order valence-corrected chi connectivity index (χ0v) is 13.4. The summed E-state index contributed by atoms with van der Waals surface area (Å²) in [5.74, 6) is 1.50. The molecule has 0 spiro atoms. The molecule has 0 amide bonds. The van der Waals surface area contributed by atoms with Gasteiger partial charge in [0.25, 0.3) is 0 Å². The first-order chi connectivity index (χ1) is 10.8. The zero-order chi connectivity index (χ0) is 15.1. The molecule has 3 aromatic heterocycles. The molecule has 0 bridgehead atoms. The van der Waals surface area contributed by atoms with Crippen LogP contribution < -0.4 is 4.74 Å². The normalized spacial score (nSPS) is 11.2. The minimum atomic E-state index is 0.704. The first-order valence-corrected chi connectivity index (χ1v) is 8.01. The highest BCUT2D eigenvalue weighted by atomic mass is 32.1. The van der Waals surface area contributed by atoms with Crippen LogP contribution in [0.5, 0.6) is 5.75 Å². The van der Waals surface area contributed by atoms with Crippen LogP contribution in [0.3, 0.4) is 0 Å². The van der Waals surface area contributed by atoms with Gasteiger partial charge in [-0.3, -0.25) is 0 Å². The Balaban J connectivity index is 1.82. The number of nitrogens with zero attached hydrogens (tertiary/aromatic N) is 6. The van der Waals surface area contributed by atoms with Crippen molar-refractivity contribution in [2.75, 3.05) is 7.11 Å². The number of fused-ring (bicyclic) bond motifs is 1. The summed E-state index contributed by atoms with van der Waals surface area (Å²) in [7, 11) is 1.64. The topological polar surface area (TPSA) is 78.1 Å². The average molecular weight is 330 g/mol. The molecule has 4 aromatic rings. The predicted octanol–water partition coefficient (Wildman–Crippen LogP) is 2.69. The second-order valence-electron chi connectivity index (χ2n) is 4.54. The summed E-state index contributed by atoms with van der Waals surface area (Å²) in [6, 6.07) is 7.66. The van der Waals surface area contributed by atoms with Crippen LogP contribution in [0.1, 0.15) is 5.69 Å². The van der Waals surface area contributed by atoms with Crippen molar-refractivity contribution in [3.8, 4) is 27.0 Å². The van der Waals surface area contributed by atoms with Gasteiger partial charge in [0.1, 0.15) is 10.6 Å². The number of hydrogen-bond donors (Lipinski definition) is 0. The van der Waals surface area contributed by atoms with E-state index in [1.165, 1.54) is 22.9 Å². The quantitative estimate of drug-likeness (QED) is 0.575. The molecule has 3 heterocycles. The van der Waals surface area contributed by atoms with Crippen molar-refractivity contribution in [2.45, 2.75) is 6.92 Å². The molecule has 0 saturated heterocycles. The Bertz CT molecular complexity index is 939. The molecule has 22 heavy (non-hydrogen) atoms. The smallest absolute Gasteiger partial charge is 0.235 e. The molecule has 110 valence electrons. The van der Waals surface area contributed by atoms with Gasteiger partial charge in [0, 0.05) is 5.56 Å². The van der Waals surface area contributed by atoms with Crippen LogP contribution in [0.25, 0.3) is 26.2 Å². The standard InChI is InChI=1S/C13H10N6OS2/c1-7-10(22-18-14-7)12-17-19-11(15-16-13(19)21-12)8-3-5-9(20-2)6-4-8/h3-6H,1-2H3. The fraction of sp³-hybridized carbons (Fsp3) is 0.154. The van der Waals surface area contributed by atoms with Gasteiger partial charge in [-0.2, -0.15) is 9.61 Å². The molecule has 0 aliphatic heterocycles. The summed E-state index contributed by atoms with van der Waals surface area (Å²) in [6.07, 6.45) is 0. The van der Waals surface area contributed by atoms with E-state index in [9.17, 15) is 0 Å². The molecule has 4 rings (SSSR count). The van der Waals surface area contributed by atoms with Crippen molar-refractivity contribution < 1.29 is 4.74 Å².